The maximum Gasteiger partial charge on any atom is 0.469 e. The molecule has 0 aromatic carbocycles. The summed E-state index contributed by atoms with van der Waals surface area (Å²) < 4.78 is 35.1. The number of hydrogen-bond donors (Lipinski definition) is 4. The molecule has 1 aliphatic rings. The molecule has 11 nitrogen and oxygen atoms in total. The predicted molar refractivity (Wildman–Crippen MR) is 77.2 cm³/mol. The molecule has 4 atom stereocenters. The van der Waals surface area contributed by atoms with E-state index in [9.17, 15) is 14.1 Å². The van der Waals surface area contributed by atoms with Crippen LogP contribution < -0.4 is 5.73 Å². The molecule has 1 saturated heterocycles. The summed E-state index contributed by atoms with van der Waals surface area (Å²) >= 11 is 6.10. The number of phosphoric ester groups is 1. The van der Waals surface area contributed by atoms with Crippen LogP contribution in [0.4, 0.5) is 10.2 Å². The first-order chi connectivity index (χ1) is 11.2. The number of fused-ring (bicyclic) bond motifs is 1. The number of hydrogen-bond acceptors (Lipinski definition) is 8. The minimum absolute atomic E-state index is 0.000550. The number of alkyl halides is 1. The van der Waals surface area contributed by atoms with Crippen LogP contribution >= 0.6 is 19.4 Å². The van der Waals surface area contributed by atoms with Crippen LogP contribution in [0, 0.1) is 6.08 Å². The molecule has 24 heavy (non-hydrogen) atoms. The van der Waals surface area contributed by atoms with E-state index in [0.29, 0.717) is 0 Å². The zero-order chi connectivity index (χ0) is 17.6. The molecule has 0 radical (unpaired) electrons. The van der Waals surface area contributed by atoms with Crippen molar-refractivity contribution in [3.05, 3.63) is 12.4 Å². The van der Waals surface area contributed by atoms with Crippen molar-refractivity contribution in [3.8, 4) is 0 Å². The Labute approximate surface area is 138 Å². The third kappa shape index (κ3) is 3.22. The quantitative estimate of drug-likeness (QED) is 0.307. The lowest BCUT2D eigenvalue weighted by molar-refractivity contribution is -0.0423. The van der Waals surface area contributed by atoms with E-state index in [1.807, 2.05) is 0 Å². The summed E-state index contributed by atoms with van der Waals surface area (Å²) in [5, 5.41) is 9.01. The average molecular weight is 384 g/mol. The Balaban J connectivity index is 1.89. The topological polar surface area (TPSA) is 166 Å². The van der Waals surface area contributed by atoms with Gasteiger partial charge in [-0.2, -0.15) is 14.4 Å². The molecule has 0 aliphatic carbocycles. The highest BCUT2D eigenvalue weighted by atomic mass is 35.5. The Kier molecular flexibility index (Phi) is 4.47. The van der Waals surface area contributed by atoms with Gasteiger partial charge >= 0.3 is 13.9 Å². The zero-order valence-corrected chi connectivity index (χ0v) is 13.4. The van der Waals surface area contributed by atoms with Crippen molar-refractivity contribution in [3.63, 3.8) is 0 Å². The maximum atomic E-state index is 13.4. The van der Waals surface area contributed by atoms with Gasteiger partial charge in [-0.1, -0.05) is 0 Å². The van der Waals surface area contributed by atoms with Crippen molar-refractivity contribution in [1.29, 1.82) is 0 Å². The van der Waals surface area contributed by atoms with Gasteiger partial charge in [0.15, 0.2) is 23.2 Å². The Hall–Kier alpha value is -1.40. The van der Waals surface area contributed by atoms with Gasteiger partial charge in [-0.3, -0.25) is 9.09 Å². The SMILES string of the molecule is Nc1nc(F)nc2c1ncn2[C@@H]1O[C@H](COP(=O)(O)O)[C@@H](O)[C@@H]1Cl. The number of phosphoric acid groups is 1. The van der Waals surface area contributed by atoms with Gasteiger partial charge in [0, 0.05) is 0 Å². The normalized spacial score (nSPS) is 27.9. The van der Waals surface area contributed by atoms with E-state index >= 15 is 0 Å². The number of imidazole rings is 1. The highest BCUT2D eigenvalue weighted by molar-refractivity contribution is 7.46. The minimum Gasteiger partial charge on any atom is -0.389 e. The third-order valence-corrected chi connectivity index (χ3v) is 4.36. The number of aromatic nitrogens is 4. The van der Waals surface area contributed by atoms with E-state index < -0.39 is 44.3 Å². The fourth-order valence-corrected chi connectivity index (χ4v) is 3.02. The van der Waals surface area contributed by atoms with E-state index in [1.165, 1.54) is 10.9 Å². The van der Waals surface area contributed by atoms with Crippen molar-refractivity contribution in [2.45, 2.75) is 23.8 Å². The first-order valence-corrected chi connectivity index (χ1v) is 8.47. The summed E-state index contributed by atoms with van der Waals surface area (Å²) in [6.07, 6.45) is -3.30. The van der Waals surface area contributed by atoms with Gasteiger partial charge in [-0.05, 0) is 0 Å². The van der Waals surface area contributed by atoms with Crippen LogP contribution in [-0.4, -0.2) is 58.6 Å². The highest BCUT2D eigenvalue weighted by Crippen LogP contribution is 2.40. The smallest absolute Gasteiger partial charge is 0.389 e. The predicted octanol–water partition coefficient (Wildman–Crippen LogP) is -0.477. The van der Waals surface area contributed by atoms with Crippen LogP contribution in [0.2, 0.25) is 0 Å². The second-order valence-corrected chi connectivity index (χ2v) is 6.73. The number of aliphatic hydroxyl groups excluding tert-OH is 1. The van der Waals surface area contributed by atoms with Gasteiger partial charge in [-0.15, -0.1) is 11.6 Å². The minimum atomic E-state index is -4.74. The van der Waals surface area contributed by atoms with Crippen LogP contribution in [0.5, 0.6) is 0 Å². The standard InChI is InChI=1S/C10H12ClFN5O6P/c11-4-6(18)3(1-22-24(19,20)21)23-9(4)17-2-14-5-7(13)15-10(12)16-8(5)17/h2-4,6,9,18H,1H2,(H2,13,15,16)(H2,19,20,21)/t3-,4+,6-,9-/m1/s1. The molecular weight excluding hydrogens is 372 g/mol. The lowest BCUT2D eigenvalue weighted by atomic mass is 10.2. The van der Waals surface area contributed by atoms with E-state index in [-0.39, 0.29) is 17.0 Å². The van der Waals surface area contributed by atoms with E-state index in [2.05, 4.69) is 19.5 Å². The van der Waals surface area contributed by atoms with Crippen LogP contribution in [0.25, 0.3) is 11.2 Å². The number of aliphatic hydroxyl groups is 1. The van der Waals surface area contributed by atoms with Crippen LogP contribution in [0.15, 0.2) is 6.33 Å². The number of nitrogen functional groups attached to an aromatic ring is 1. The molecule has 2 aromatic rings. The molecule has 14 heteroatoms. The Morgan fingerprint density at radius 3 is 2.88 bits per heavy atom. The van der Waals surface area contributed by atoms with Gasteiger partial charge in [-0.25, -0.2) is 9.55 Å². The van der Waals surface area contributed by atoms with E-state index in [4.69, 9.17) is 31.9 Å². The van der Waals surface area contributed by atoms with Crippen molar-refractivity contribution >= 4 is 36.4 Å². The average Bonchev–Trinajstić information content (AvgIpc) is 3.00. The lowest BCUT2D eigenvalue weighted by Gasteiger charge is -2.16. The molecule has 5 N–H and O–H groups in total. The largest absolute Gasteiger partial charge is 0.469 e. The number of nitrogens with two attached hydrogens (primary N) is 1. The Bertz CT molecular complexity index is 816. The summed E-state index contributed by atoms with van der Waals surface area (Å²) in [6.45, 7) is -0.594. The summed E-state index contributed by atoms with van der Waals surface area (Å²) in [5.74, 6) is -0.178. The summed E-state index contributed by atoms with van der Waals surface area (Å²) in [5.41, 5.74) is 5.68. The number of nitrogens with zero attached hydrogens (tertiary/aromatic N) is 4. The zero-order valence-electron chi connectivity index (χ0n) is 11.7. The van der Waals surface area contributed by atoms with Crippen molar-refractivity contribution in [1.82, 2.24) is 19.5 Å². The number of ether oxygens (including phenoxy) is 1. The summed E-state index contributed by atoms with van der Waals surface area (Å²) in [4.78, 5) is 28.3. The first-order valence-electron chi connectivity index (χ1n) is 6.50. The molecule has 0 amide bonds. The van der Waals surface area contributed by atoms with Crippen LogP contribution in [0.1, 0.15) is 6.23 Å². The third-order valence-electron chi connectivity index (χ3n) is 3.40. The summed E-state index contributed by atoms with van der Waals surface area (Å²) in [7, 11) is -4.74. The molecule has 0 unspecified atom stereocenters. The summed E-state index contributed by atoms with van der Waals surface area (Å²) in [6, 6.07) is 0. The molecule has 0 saturated carbocycles. The second-order valence-electron chi connectivity index (χ2n) is 4.99. The molecule has 2 aromatic heterocycles. The van der Waals surface area contributed by atoms with Crippen molar-refractivity contribution in [2.24, 2.45) is 0 Å². The van der Waals surface area contributed by atoms with Crippen molar-refractivity contribution in [2.75, 3.05) is 12.3 Å². The fourth-order valence-electron chi connectivity index (χ4n) is 2.33. The monoisotopic (exact) mass is 383 g/mol. The van der Waals surface area contributed by atoms with E-state index in [1.54, 1.807) is 0 Å². The molecule has 3 heterocycles. The molecule has 1 aliphatic heterocycles. The molecule has 0 spiro atoms. The maximum absolute atomic E-state index is 13.4. The number of halogens is 2. The molecule has 0 bridgehead atoms. The van der Waals surface area contributed by atoms with Crippen LogP contribution in [0.3, 0.4) is 0 Å². The molecule has 3 rings (SSSR count). The lowest BCUT2D eigenvalue weighted by Crippen LogP contribution is -2.30. The second kappa shape index (κ2) is 6.15. The van der Waals surface area contributed by atoms with Gasteiger partial charge in [0.25, 0.3) is 0 Å². The van der Waals surface area contributed by atoms with Crippen LogP contribution in [-0.2, 0) is 13.8 Å². The van der Waals surface area contributed by atoms with Gasteiger partial charge < -0.3 is 25.4 Å². The van der Waals surface area contributed by atoms with Gasteiger partial charge in [0.2, 0.25) is 0 Å². The van der Waals surface area contributed by atoms with Gasteiger partial charge in [0.05, 0.1) is 12.9 Å². The molecule has 1 fully saturated rings. The Morgan fingerprint density at radius 2 is 2.21 bits per heavy atom. The fraction of sp³-hybridized carbons (Fsp3) is 0.500. The first kappa shape index (κ1) is 17.4. The van der Waals surface area contributed by atoms with Gasteiger partial charge in [0.1, 0.15) is 17.6 Å². The Morgan fingerprint density at radius 1 is 1.50 bits per heavy atom. The highest BCUT2D eigenvalue weighted by Gasteiger charge is 2.45. The number of rotatable bonds is 4. The molecular formula is C10H12ClFN5O6P. The molecule has 132 valence electrons. The van der Waals surface area contributed by atoms with Crippen molar-refractivity contribution < 1.29 is 33.1 Å². The number of anilines is 1. The van der Waals surface area contributed by atoms with E-state index in [0.717, 1.165) is 0 Å².